The predicted octanol–water partition coefficient (Wildman–Crippen LogP) is 4.97. The molecule has 1 fully saturated rings. The van der Waals surface area contributed by atoms with Crippen molar-refractivity contribution in [2.24, 2.45) is 5.16 Å². The number of oxime groups is 1. The fourth-order valence-corrected chi connectivity index (χ4v) is 3.76. The van der Waals surface area contributed by atoms with Crippen LogP contribution >= 0.6 is 0 Å². The number of nitrogens with zero attached hydrogens (tertiary/aromatic N) is 1. The highest BCUT2D eigenvalue weighted by Gasteiger charge is 2.27. The number of amides is 1. The maximum Gasteiger partial charge on any atom is 0.433 e. The van der Waals surface area contributed by atoms with Gasteiger partial charge in [0.1, 0.15) is 11.9 Å². The summed E-state index contributed by atoms with van der Waals surface area (Å²) in [7, 11) is 0. The summed E-state index contributed by atoms with van der Waals surface area (Å²) in [5.41, 5.74) is 2.67. The van der Waals surface area contributed by atoms with Crippen LogP contribution in [0.25, 0.3) is 0 Å². The van der Waals surface area contributed by atoms with Crippen LogP contribution in [0.3, 0.4) is 0 Å². The normalized spacial score (nSPS) is 21.2. The van der Waals surface area contributed by atoms with Crippen LogP contribution in [-0.2, 0) is 4.84 Å². The van der Waals surface area contributed by atoms with Crippen LogP contribution in [-0.4, -0.2) is 17.8 Å². The van der Waals surface area contributed by atoms with Crippen molar-refractivity contribution in [1.29, 1.82) is 0 Å². The SMILES string of the molecule is O=C(NC1CCCCC1)O/N=C1\CC(c2ccccc2)Oc2ccccc21. The summed E-state index contributed by atoms with van der Waals surface area (Å²) in [6.07, 6.45) is 5.51. The van der Waals surface area contributed by atoms with Gasteiger partial charge in [-0.25, -0.2) is 4.79 Å². The van der Waals surface area contributed by atoms with Gasteiger partial charge < -0.3 is 10.1 Å². The van der Waals surface area contributed by atoms with E-state index in [-0.39, 0.29) is 12.1 Å². The van der Waals surface area contributed by atoms with E-state index >= 15 is 0 Å². The van der Waals surface area contributed by atoms with E-state index in [9.17, 15) is 4.79 Å². The zero-order valence-electron chi connectivity index (χ0n) is 15.3. The van der Waals surface area contributed by atoms with Crippen LogP contribution < -0.4 is 10.1 Å². The lowest BCUT2D eigenvalue weighted by Crippen LogP contribution is -2.36. The Kier molecular flexibility index (Phi) is 5.37. The fraction of sp³-hybridized carbons (Fsp3) is 0.364. The number of carbonyl (C=O) groups excluding carboxylic acids is 1. The van der Waals surface area contributed by atoms with Gasteiger partial charge in [0.05, 0.1) is 5.71 Å². The molecule has 1 amide bonds. The van der Waals surface area contributed by atoms with Gasteiger partial charge in [-0.3, -0.25) is 4.84 Å². The Labute approximate surface area is 159 Å². The number of rotatable bonds is 3. The summed E-state index contributed by atoms with van der Waals surface area (Å²) >= 11 is 0. The van der Waals surface area contributed by atoms with Gasteiger partial charge in [-0.15, -0.1) is 0 Å². The van der Waals surface area contributed by atoms with E-state index in [2.05, 4.69) is 10.5 Å². The molecule has 1 N–H and O–H groups in total. The second kappa shape index (κ2) is 8.25. The maximum atomic E-state index is 12.1. The van der Waals surface area contributed by atoms with E-state index in [1.165, 1.54) is 6.42 Å². The quantitative estimate of drug-likeness (QED) is 0.618. The molecule has 1 atom stereocenters. The molecule has 0 spiro atoms. The van der Waals surface area contributed by atoms with Gasteiger partial charge >= 0.3 is 6.09 Å². The van der Waals surface area contributed by atoms with Crippen molar-refractivity contribution in [2.45, 2.75) is 50.7 Å². The lowest BCUT2D eigenvalue weighted by Gasteiger charge is -2.27. The zero-order valence-corrected chi connectivity index (χ0v) is 15.3. The largest absolute Gasteiger partial charge is 0.485 e. The second-order valence-electron chi connectivity index (χ2n) is 7.11. The number of ether oxygens (including phenoxy) is 1. The first-order valence-corrected chi connectivity index (χ1v) is 9.65. The molecule has 5 heteroatoms. The molecule has 1 aliphatic carbocycles. The van der Waals surface area contributed by atoms with E-state index in [0.717, 1.165) is 48.3 Å². The van der Waals surface area contributed by atoms with Crippen molar-refractivity contribution in [2.75, 3.05) is 0 Å². The number of benzene rings is 2. The molecule has 0 aromatic heterocycles. The summed E-state index contributed by atoms with van der Waals surface area (Å²) in [6.45, 7) is 0. The van der Waals surface area contributed by atoms with E-state index < -0.39 is 6.09 Å². The molecule has 4 rings (SSSR count). The minimum absolute atomic E-state index is 0.148. The number of hydrogen-bond acceptors (Lipinski definition) is 4. The molecule has 0 radical (unpaired) electrons. The molecular formula is C22H24N2O3. The lowest BCUT2D eigenvalue weighted by molar-refractivity contribution is 0.141. The standard InChI is InChI=1S/C22H24N2O3/c25-22(23-17-11-5-2-6-12-17)27-24-19-15-21(16-9-3-1-4-10-16)26-20-14-8-7-13-18(19)20/h1,3-4,7-10,13-14,17,21H,2,5-6,11-12,15H2,(H,23,25)/b24-19+. The molecular weight excluding hydrogens is 340 g/mol. The minimum atomic E-state index is -0.477. The summed E-state index contributed by atoms with van der Waals surface area (Å²) < 4.78 is 6.14. The van der Waals surface area contributed by atoms with Crippen LogP contribution in [0.15, 0.2) is 59.8 Å². The molecule has 1 unspecified atom stereocenters. The van der Waals surface area contributed by atoms with Crippen molar-refractivity contribution in [1.82, 2.24) is 5.32 Å². The third-order valence-corrected chi connectivity index (χ3v) is 5.18. The molecule has 2 aromatic carbocycles. The Bertz CT molecular complexity index is 813. The molecule has 1 heterocycles. The summed E-state index contributed by atoms with van der Waals surface area (Å²) in [6, 6.07) is 18.0. The zero-order chi connectivity index (χ0) is 18.5. The van der Waals surface area contributed by atoms with E-state index in [1.54, 1.807) is 0 Å². The fourth-order valence-electron chi connectivity index (χ4n) is 3.76. The smallest absolute Gasteiger partial charge is 0.433 e. The average molecular weight is 364 g/mol. The molecule has 2 aliphatic rings. The molecule has 0 saturated heterocycles. The van der Waals surface area contributed by atoms with E-state index in [0.29, 0.717) is 6.42 Å². The first kappa shape index (κ1) is 17.6. The molecule has 5 nitrogen and oxygen atoms in total. The van der Waals surface area contributed by atoms with Crippen LogP contribution in [0.5, 0.6) is 5.75 Å². The van der Waals surface area contributed by atoms with Gasteiger partial charge in [-0.1, -0.05) is 66.9 Å². The Morgan fingerprint density at radius 1 is 1.00 bits per heavy atom. The third kappa shape index (κ3) is 4.30. The summed E-state index contributed by atoms with van der Waals surface area (Å²) in [5.74, 6) is 0.757. The lowest BCUT2D eigenvalue weighted by atomic mass is 9.96. The Morgan fingerprint density at radius 3 is 2.56 bits per heavy atom. The number of fused-ring (bicyclic) bond motifs is 1. The molecule has 2 aromatic rings. The van der Waals surface area contributed by atoms with Gasteiger partial charge in [-0.2, -0.15) is 0 Å². The van der Waals surface area contributed by atoms with Crippen LogP contribution in [0.2, 0.25) is 0 Å². The first-order chi connectivity index (χ1) is 13.3. The molecule has 0 bridgehead atoms. The molecule has 1 saturated carbocycles. The number of nitrogens with one attached hydrogen (secondary N) is 1. The monoisotopic (exact) mass is 364 g/mol. The molecule has 140 valence electrons. The summed E-state index contributed by atoms with van der Waals surface area (Å²) in [5, 5.41) is 7.12. The summed E-state index contributed by atoms with van der Waals surface area (Å²) in [4.78, 5) is 17.4. The Morgan fingerprint density at radius 2 is 1.74 bits per heavy atom. The van der Waals surface area contributed by atoms with Gasteiger partial charge in [0.15, 0.2) is 0 Å². The van der Waals surface area contributed by atoms with Crippen molar-refractivity contribution >= 4 is 11.8 Å². The second-order valence-corrected chi connectivity index (χ2v) is 7.11. The minimum Gasteiger partial charge on any atom is -0.485 e. The maximum absolute atomic E-state index is 12.1. The van der Waals surface area contributed by atoms with Gasteiger partial charge in [0, 0.05) is 18.0 Å². The van der Waals surface area contributed by atoms with Gasteiger partial charge in [0.25, 0.3) is 0 Å². The van der Waals surface area contributed by atoms with Gasteiger partial charge in [0.2, 0.25) is 0 Å². The number of hydrogen-bond donors (Lipinski definition) is 1. The Hall–Kier alpha value is -2.82. The Balaban J connectivity index is 1.49. The van der Waals surface area contributed by atoms with Gasteiger partial charge in [-0.05, 0) is 30.5 Å². The number of para-hydroxylation sites is 1. The van der Waals surface area contributed by atoms with Crippen molar-refractivity contribution in [3.8, 4) is 5.75 Å². The van der Waals surface area contributed by atoms with Crippen LogP contribution in [0, 0.1) is 0 Å². The van der Waals surface area contributed by atoms with E-state index in [1.807, 2.05) is 54.6 Å². The van der Waals surface area contributed by atoms with Crippen LogP contribution in [0.4, 0.5) is 4.79 Å². The van der Waals surface area contributed by atoms with Crippen LogP contribution in [0.1, 0.15) is 55.8 Å². The highest BCUT2D eigenvalue weighted by Crippen LogP contribution is 2.35. The highest BCUT2D eigenvalue weighted by atomic mass is 16.7. The predicted molar refractivity (Wildman–Crippen MR) is 104 cm³/mol. The molecule has 27 heavy (non-hydrogen) atoms. The molecule has 1 aliphatic heterocycles. The average Bonchev–Trinajstić information content (AvgIpc) is 2.73. The third-order valence-electron chi connectivity index (χ3n) is 5.18. The highest BCUT2D eigenvalue weighted by molar-refractivity contribution is 6.04. The van der Waals surface area contributed by atoms with Crippen molar-refractivity contribution < 1.29 is 14.4 Å². The number of carbonyl (C=O) groups is 1. The topological polar surface area (TPSA) is 59.9 Å². The van der Waals surface area contributed by atoms with Crippen molar-refractivity contribution in [3.05, 3.63) is 65.7 Å². The first-order valence-electron chi connectivity index (χ1n) is 9.65. The van der Waals surface area contributed by atoms with E-state index in [4.69, 9.17) is 9.57 Å². The van der Waals surface area contributed by atoms with Crippen molar-refractivity contribution in [3.63, 3.8) is 0 Å².